The number of nitrogens with zero attached hydrogens (tertiary/aromatic N) is 2. The highest BCUT2D eigenvalue weighted by molar-refractivity contribution is 7.92. The number of hydrogen-bond acceptors (Lipinski definition) is 7. The highest BCUT2D eigenvalue weighted by atomic mass is 32.2. The quantitative estimate of drug-likeness (QED) is 0.550. The summed E-state index contributed by atoms with van der Waals surface area (Å²) in [6.45, 7) is 3.35. The van der Waals surface area contributed by atoms with Crippen LogP contribution in [0.5, 0.6) is 11.5 Å². The predicted molar refractivity (Wildman–Crippen MR) is 116 cm³/mol. The van der Waals surface area contributed by atoms with Gasteiger partial charge in [0.15, 0.2) is 6.10 Å². The van der Waals surface area contributed by atoms with E-state index in [2.05, 4.69) is 20.0 Å². The first-order valence-electron chi connectivity index (χ1n) is 9.31. The monoisotopic (exact) mass is 442 g/mol. The summed E-state index contributed by atoms with van der Waals surface area (Å²) in [6, 6.07) is 14.3. The van der Waals surface area contributed by atoms with Gasteiger partial charge in [-0.3, -0.25) is 4.79 Å². The average Bonchev–Trinajstić information content (AvgIpc) is 2.74. The van der Waals surface area contributed by atoms with Crippen LogP contribution in [0.4, 0.5) is 11.6 Å². The Hall–Kier alpha value is -3.66. The summed E-state index contributed by atoms with van der Waals surface area (Å²) in [6.07, 6.45) is 0.700. The lowest BCUT2D eigenvalue weighted by Gasteiger charge is -2.15. The third-order valence-corrected chi connectivity index (χ3v) is 5.54. The summed E-state index contributed by atoms with van der Waals surface area (Å²) in [5, 5.41) is 2.69. The van der Waals surface area contributed by atoms with E-state index in [1.165, 1.54) is 30.5 Å². The molecule has 0 saturated carbocycles. The Morgan fingerprint density at radius 1 is 1.00 bits per heavy atom. The van der Waals surface area contributed by atoms with Gasteiger partial charge < -0.3 is 14.8 Å². The van der Waals surface area contributed by atoms with Crippen LogP contribution in [0.25, 0.3) is 0 Å². The molecule has 1 amide bonds. The molecule has 3 rings (SSSR count). The molecule has 0 bridgehead atoms. The van der Waals surface area contributed by atoms with Crippen LogP contribution in [-0.4, -0.2) is 37.5 Å². The van der Waals surface area contributed by atoms with Gasteiger partial charge in [-0.1, -0.05) is 0 Å². The maximum Gasteiger partial charge on any atom is 0.265 e. The van der Waals surface area contributed by atoms with Crippen molar-refractivity contribution in [2.75, 3.05) is 17.1 Å². The molecule has 3 aromatic rings. The number of nitrogens with one attached hydrogen (secondary N) is 2. The van der Waals surface area contributed by atoms with Crippen LogP contribution < -0.4 is 19.5 Å². The van der Waals surface area contributed by atoms with E-state index in [1.807, 2.05) is 0 Å². The van der Waals surface area contributed by atoms with Crippen molar-refractivity contribution in [1.82, 2.24) is 9.97 Å². The molecule has 0 fully saturated rings. The SMILES string of the molecule is COc1ccc(O[C@@H](C)C(=O)Nc2ccc(S(=O)(=O)Nc3nccc(C)n3)cc2)cc1. The molecule has 162 valence electrons. The number of sulfonamides is 1. The van der Waals surface area contributed by atoms with Crippen molar-refractivity contribution >= 4 is 27.6 Å². The molecule has 2 N–H and O–H groups in total. The number of amides is 1. The van der Waals surface area contributed by atoms with Gasteiger partial charge in [0.05, 0.1) is 12.0 Å². The molecule has 0 aliphatic heterocycles. The van der Waals surface area contributed by atoms with Gasteiger partial charge in [0.25, 0.3) is 15.9 Å². The fraction of sp³-hybridized carbons (Fsp3) is 0.190. The standard InChI is InChI=1S/C21H22N4O5S/c1-14-12-13-22-21(23-14)25-31(27,28)19-10-4-16(5-11-19)24-20(26)15(2)30-18-8-6-17(29-3)7-9-18/h4-13,15H,1-3H3,(H,24,26)(H,22,23,25)/t15-/m0/s1. The lowest BCUT2D eigenvalue weighted by Crippen LogP contribution is -2.30. The molecular formula is C21H22N4O5S. The predicted octanol–water partition coefficient (Wildman–Crippen LogP) is 3.00. The molecule has 0 spiro atoms. The normalized spacial score (nSPS) is 12.0. The van der Waals surface area contributed by atoms with Crippen molar-refractivity contribution in [3.8, 4) is 11.5 Å². The number of benzene rings is 2. The number of carbonyl (C=O) groups is 1. The molecule has 0 aliphatic rings. The van der Waals surface area contributed by atoms with Crippen LogP contribution in [0, 0.1) is 6.92 Å². The fourth-order valence-electron chi connectivity index (χ4n) is 2.55. The second-order valence-corrected chi connectivity index (χ2v) is 8.26. The first-order chi connectivity index (χ1) is 14.8. The van der Waals surface area contributed by atoms with Crippen molar-refractivity contribution in [2.24, 2.45) is 0 Å². The van der Waals surface area contributed by atoms with Crippen molar-refractivity contribution in [3.05, 3.63) is 66.5 Å². The van der Waals surface area contributed by atoms with E-state index in [0.29, 0.717) is 22.9 Å². The van der Waals surface area contributed by atoms with E-state index in [4.69, 9.17) is 9.47 Å². The average molecular weight is 442 g/mol. The third kappa shape index (κ3) is 5.92. The number of aromatic nitrogens is 2. The number of hydrogen-bond donors (Lipinski definition) is 2. The van der Waals surface area contributed by atoms with E-state index in [0.717, 1.165) is 0 Å². The van der Waals surface area contributed by atoms with E-state index in [1.54, 1.807) is 51.3 Å². The van der Waals surface area contributed by atoms with Crippen LogP contribution in [0.15, 0.2) is 65.7 Å². The summed E-state index contributed by atoms with van der Waals surface area (Å²) >= 11 is 0. The molecule has 0 aliphatic carbocycles. The van der Waals surface area contributed by atoms with Gasteiger partial charge in [0, 0.05) is 17.6 Å². The first kappa shape index (κ1) is 22.0. The lowest BCUT2D eigenvalue weighted by atomic mass is 10.3. The highest BCUT2D eigenvalue weighted by Gasteiger charge is 2.18. The minimum atomic E-state index is -3.86. The van der Waals surface area contributed by atoms with Crippen molar-refractivity contribution in [1.29, 1.82) is 0 Å². The van der Waals surface area contributed by atoms with Crippen LogP contribution >= 0.6 is 0 Å². The zero-order valence-corrected chi connectivity index (χ0v) is 18.0. The topological polar surface area (TPSA) is 120 Å². The van der Waals surface area contributed by atoms with Gasteiger partial charge in [-0.2, -0.15) is 0 Å². The van der Waals surface area contributed by atoms with Crippen molar-refractivity contribution < 1.29 is 22.7 Å². The second-order valence-electron chi connectivity index (χ2n) is 6.58. The Balaban J connectivity index is 1.61. The Kier molecular flexibility index (Phi) is 6.71. The molecule has 0 radical (unpaired) electrons. The number of carbonyl (C=O) groups excluding carboxylic acids is 1. The van der Waals surface area contributed by atoms with Crippen molar-refractivity contribution in [3.63, 3.8) is 0 Å². The Morgan fingerprint density at radius 2 is 1.65 bits per heavy atom. The number of anilines is 2. The number of rotatable bonds is 8. The number of ether oxygens (including phenoxy) is 2. The molecule has 2 aromatic carbocycles. The zero-order valence-electron chi connectivity index (χ0n) is 17.2. The van der Waals surface area contributed by atoms with Gasteiger partial charge in [-0.25, -0.2) is 23.1 Å². The smallest absolute Gasteiger partial charge is 0.265 e. The van der Waals surface area contributed by atoms with E-state index < -0.39 is 16.1 Å². The third-order valence-electron chi connectivity index (χ3n) is 4.19. The summed E-state index contributed by atoms with van der Waals surface area (Å²) in [5.74, 6) is 0.817. The Labute approximate surface area is 180 Å². The van der Waals surface area contributed by atoms with Gasteiger partial charge in [0.2, 0.25) is 5.95 Å². The summed E-state index contributed by atoms with van der Waals surface area (Å²) in [5.41, 5.74) is 1.07. The second kappa shape index (κ2) is 9.43. The van der Waals surface area contributed by atoms with Gasteiger partial charge >= 0.3 is 0 Å². The Morgan fingerprint density at radius 3 is 2.26 bits per heavy atom. The first-order valence-corrected chi connectivity index (χ1v) is 10.8. The molecule has 1 atom stereocenters. The summed E-state index contributed by atoms with van der Waals surface area (Å²) in [4.78, 5) is 20.3. The maximum atomic E-state index is 12.5. The van der Waals surface area contributed by atoms with Crippen LogP contribution in [0.2, 0.25) is 0 Å². The molecule has 1 heterocycles. The zero-order chi connectivity index (χ0) is 22.4. The van der Waals surface area contributed by atoms with Crippen molar-refractivity contribution in [2.45, 2.75) is 24.8 Å². The largest absolute Gasteiger partial charge is 0.497 e. The molecule has 1 aromatic heterocycles. The van der Waals surface area contributed by atoms with Gasteiger partial charge in [0.1, 0.15) is 11.5 Å². The molecule has 0 saturated heterocycles. The lowest BCUT2D eigenvalue weighted by molar-refractivity contribution is -0.122. The van der Waals surface area contributed by atoms with Crippen LogP contribution in [0.1, 0.15) is 12.6 Å². The van der Waals surface area contributed by atoms with E-state index >= 15 is 0 Å². The Bertz CT molecular complexity index is 1150. The van der Waals surface area contributed by atoms with Gasteiger partial charge in [-0.05, 0) is 68.4 Å². The molecule has 9 nitrogen and oxygen atoms in total. The minimum Gasteiger partial charge on any atom is -0.497 e. The summed E-state index contributed by atoms with van der Waals surface area (Å²) in [7, 11) is -2.30. The number of methoxy groups -OCH3 is 1. The molecule has 10 heteroatoms. The molecule has 31 heavy (non-hydrogen) atoms. The van der Waals surface area contributed by atoms with Crippen LogP contribution in [-0.2, 0) is 14.8 Å². The molecular weight excluding hydrogens is 420 g/mol. The van der Waals surface area contributed by atoms with E-state index in [9.17, 15) is 13.2 Å². The van der Waals surface area contributed by atoms with Gasteiger partial charge in [-0.15, -0.1) is 0 Å². The van der Waals surface area contributed by atoms with E-state index in [-0.39, 0.29) is 16.8 Å². The van der Waals surface area contributed by atoms with Crippen LogP contribution in [0.3, 0.4) is 0 Å². The molecule has 0 unspecified atom stereocenters. The fourth-order valence-corrected chi connectivity index (χ4v) is 3.50. The highest BCUT2D eigenvalue weighted by Crippen LogP contribution is 2.20. The minimum absolute atomic E-state index is 0.0121. The summed E-state index contributed by atoms with van der Waals surface area (Å²) < 4.78 is 38.0. The maximum absolute atomic E-state index is 12.5. The number of aryl methyl sites for hydroxylation is 1.